The first-order chi connectivity index (χ1) is 9.30. The number of likely N-dealkylation sites (tertiary alicyclic amines) is 1. The largest absolute Gasteiger partial charge is 0.408 e. The minimum Gasteiger partial charge on any atom is -0.361 e. The molecule has 1 aromatic heterocycles. The van der Waals surface area contributed by atoms with E-state index in [2.05, 4.69) is 5.16 Å². The predicted octanol–water partition coefficient (Wildman–Crippen LogP) is 2.78. The van der Waals surface area contributed by atoms with Crippen molar-refractivity contribution in [2.24, 2.45) is 0 Å². The second kappa shape index (κ2) is 5.46. The van der Waals surface area contributed by atoms with Gasteiger partial charge in [-0.3, -0.25) is 4.79 Å². The van der Waals surface area contributed by atoms with E-state index < -0.39 is 18.1 Å². The molecular weight excluding hydrogens is 273 g/mol. The van der Waals surface area contributed by atoms with Gasteiger partial charge < -0.3 is 9.42 Å². The lowest BCUT2D eigenvalue weighted by Crippen LogP contribution is -2.51. The van der Waals surface area contributed by atoms with Crippen LogP contribution < -0.4 is 0 Å². The van der Waals surface area contributed by atoms with Crippen LogP contribution >= 0.6 is 0 Å². The Hall–Kier alpha value is -1.53. The van der Waals surface area contributed by atoms with Crippen LogP contribution in [0.2, 0.25) is 0 Å². The van der Waals surface area contributed by atoms with E-state index in [9.17, 15) is 18.0 Å². The fraction of sp³-hybridized carbons (Fsp3) is 0.692. The second-order valence-electron chi connectivity index (χ2n) is 5.12. The molecule has 20 heavy (non-hydrogen) atoms. The number of carbonyl (C=O) groups is 1. The first kappa shape index (κ1) is 14.9. The highest BCUT2D eigenvalue weighted by atomic mass is 19.4. The van der Waals surface area contributed by atoms with Gasteiger partial charge in [0.2, 0.25) is 5.91 Å². The number of aromatic nitrogens is 1. The summed E-state index contributed by atoms with van der Waals surface area (Å²) in [5.74, 6) is -0.0298. The van der Waals surface area contributed by atoms with Gasteiger partial charge in [0.05, 0.1) is 12.1 Å². The molecule has 7 heteroatoms. The van der Waals surface area contributed by atoms with Gasteiger partial charge in [-0.25, -0.2) is 0 Å². The monoisotopic (exact) mass is 290 g/mol. The maximum absolute atomic E-state index is 13.0. The van der Waals surface area contributed by atoms with Crippen molar-refractivity contribution in [1.82, 2.24) is 10.1 Å². The van der Waals surface area contributed by atoms with Gasteiger partial charge in [-0.2, -0.15) is 13.2 Å². The van der Waals surface area contributed by atoms with Gasteiger partial charge in [0, 0.05) is 12.1 Å². The molecule has 0 aromatic carbocycles. The van der Waals surface area contributed by atoms with E-state index in [0.717, 1.165) is 4.90 Å². The van der Waals surface area contributed by atoms with E-state index in [4.69, 9.17) is 4.52 Å². The van der Waals surface area contributed by atoms with Crippen molar-refractivity contribution in [1.29, 1.82) is 0 Å². The lowest BCUT2D eigenvalue weighted by atomic mass is 10.00. The summed E-state index contributed by atoms with van der Waals surface area (Å²) in [5.41, 5.74) is 1.14. The average molecular weight is 290 g/mol. The molecule has 0 bridgehead atoms. The summed E-state index contributed by atoms with van der Waals surface area (Å²) in [6, 6.07) is -1.66. The Morgan fingerprint density at radius 3 is 2.65 bits per heavy atom. The number of rotatable bonds is 2. The standard InChI is InChI=1S/C13H17F3N2O2/c1-8-10(9(2)20-17-8)7-12(19)18-6-4-3-5-11(18)13(14,15)16/h11H,3-7H2,1-2H3. The molecule has 1 aliphatic rings. The summed E-state index contributed by atoms with van der Waals surface area (Å²) in [4.78, 5) is 13.1. The first-order valence-electron chi connectivity index (χ1n) is 6.58. The Morgan fingerprint density at radius 2 is 2.10 bits per heavy atom. The zero-order valence-corrected chi connectivity index (χ0v) is 11.5. The number of halogens is 3. The van der Waals surface area contributed by atoms with Crippen molar-refractivity contribution < 1.29 is 22.5 Å². The van der Waals surface area contributed by atoms with Crippen LogP contribution in [0.3, 0.4) is 0 Å². The molecule has 1 aliphatic heterocycles. The van der Waals surface area contributed by atoms with Gasteiger partial charge in [-0.1, -0.05) is 5.16 Å². The Bertz CT molecular complexity index is 477. The number of nitrogens with zero attached hydrogens (tertiary/aromatic N) is 2. The number of aryl methyl sites for hydroxylation is 2. The van der Waals surface area contributed by atoms with E-state index in [-0.39, 0.29) is 19.4 Å². The highest BCUT2D eigenvalue weighted by Gasteiger charge is 2.46. The molecule has 4 nitrogen and oxygen atoms in total. The molecule has 1 amide bonds. The molecule has 2 heterocycles. The van der Waals surface area contributed by atoms with Gasteiger partial charge >= 0.3 is 6.18 Å². The van der Waals surface area contributed by atoms with E-state index in [1.807, 2.05) is 0 Å². The number of alkyl halides is 3. The van der Waals surface area contributed by atoms with E-state index in [1.54, 1.807) is 13.8 Å². The Morgan fingerprint density at radius 1 is 1.40 bits per heavy atom. The number of piperidine rings is 1. The Labute approximate surface area is 114 Å². The van der Waals surface area contributed by atoms with E-state index in [0.29, 0.717) is 29.9 Å². The molecule has 2 rings (SSSR count). The highest BCUT2D eigenvalue weighted by molar-refractivity contribution is 5.79. The van der Waals surface area contributed by atoms with Crippen LogP contribution in [0.1, 0.15) is 36.3 Å². The molecule has 1 unspecified atom stereocenters. The topological polar surface area (TPSA) is 46.3 Å². The first-order valence-corrected chi connectivity index (χ1v) is 6.58. The van der Waals surface area contributed by atoms with Crippen LogP contribution in [-0.2, 0) is 11.2 Å². The van der Waals surface area contributed by atoms with Gasteiger partial charge in [0.25, 0.3) is 0 Å². The molecule has 0 radical (unpaired) electrons. The van der Waals surface area contributed by atoms with Crippen LogP contribution in [0.25, 0.3) is 0 Å². The zero-order chi connectivity index (χ0) is 14.9. The van der Waals surface area contributed by atoms with Gasteiger partial charge in [-0.05, 0) is 33.1 Å². The third-order valence-corrected chi connectivity index (χ3v) is 3.71. The van der Waals surface area contributed by atoms with Crippen LogP contribution in [-0.4, -0.2) is 34.7 Å². The van der Waals surface area contributed by atoms with Crippen molar-refractivity contribution in [2.45, 2.75) is 51.7 Å². The van der Waals surface area contributed by atoms with Crippen molar-refractivity contribution in [3.8, 4) is 0 Å². The van der Waals surface area contributed by atoms with Crippen molar-refractivity contribution >= 4 is 5.91 Å². The van der Waals surface area contributed by atoms with Crippen LogP contribution in [0.15, 0.2) is 4.52 Å². The minimum absolute atomic E-state index is 0.0170. The summed E-state index contributed by atoms with van der Waals surface area (Å²) in [7, 11) is 0. The molecule has 1 aromatic rings. The maximum atomic E-state index is 13.0. The fourth-order valence-electron chi connectivity index (χ4n) is 2.58. The third-order valence-electron chi connectivity index (χ3n) is 3.71. The Kier molecular flexibility index (Phi) is 4.06. The smallest absolute Gasteiger partial charge is 0.361 e. The van der Waals surface area contributed by atoms with Gasteiger partial charge in [0.1, 0.15) is 11.8 Å². The van der Waals surface area contributed by atoms with E-state index >= 15 is 0 Å². The molecule has 1 saturated heterocycles. The summed E-state index contributed by atoms with van der Waals surface area (Å²) in [6.45, 7) is 3.49. The van der Waals surface area contributed by atoms with Gasteiger partial charge in [0.15, 0.2) is 0 Å². The SMILES string of the molecule is Cc1noc(C)c1CC(=O)N1CCCCC1C(F)(F)F. The second-order valence-corrected chi connectivity index (χ2v) is 5.12. The maximum Gasteiger partial charge on any atom is 0.408 e. The normalized spacial score (nSPS) is 20.2. The molecule has 1 fully saturated rings. The molecular formula is C13H17F3N2O2. The predicted molar refractivity (Wildman–Crippen MR) is 65.1 cm³/mol. The van der Waals surface area contributed by atoms with Gasteiger partial charge in [-0.15, -0.1) is 0 Å². The molecule has 0 saturated carbocycles. The van der Waals surface area contributed by atoms with Crippen molar-refractivity contribution in [3.63, 3.8) is 0 Å². The highest BCUT2D eigenvalue weighted by Crippen LogP contribution is 2.32. The Balaban J connectivity index is 2.14. The summed E-state index contributed by atoms with van der Waals surface area (Å²) < 4.78 is 43.8. The lowest BCUT2D eigenvalue weighted by Gasteiger charge is -2.36. The average Bonchev–Trinajstić information content (AvgIpc) is 2.69. The van der Waals surface area contributed by atoms with Crippen LogP contribution in [0.5, 0.6) is 0 Å². The van der Waals surface area contributed by atoms with Crippen molar-refractivity contribution in [3.05, 3.63) is 17.0 Å². The summed E-state index contributed by atoms with van der Waals surface area (Å²) >= 11 is 0. The van der Waals surface area contributed by atoms with Crippen LogP contribution in [0, 0.1) is 13.8 Å². The number of hydrogen-bond donors (Lipinski definition) is 0. The number of hydrogen-bond acceptors (Lipinski definition) is 3. The minimum atomic E-state index is -4.37. The molecule has 0 spiro atoms. The molecule has 0 N–H and O–H groups in total. The fourth-order valence-corrected chi connectivity index (χ4v) is 2.58. The summed E-state index contributed by atoms with van der Waals surface area (Å²) in [6.07, 6.45) is -3.36. The molecule has 112 valence electrons. The zero-order valence-electron chi connectivity index (χ0n) is 11.5. The van der Waals surface area contributed by atoms with E-state index in [1.165, 1.54) is 0 Å². The van der Waals surface area contributed by atoms with Crippen molar-refractivity contribution in [2.75, 3.05) is 6.54 Å². The van der Waals surface area contributed by atoms with Crippen LogP contribution in [0.4, 0.5) is 13.2 Å². The number of carbonyl (C=O) groups excluding carboxylic acids is 1. The third kappa shape index (κ3) is 2.96. The molecule has 0 aliphatic carbocycles. The molecule has 1 atom stereocenters. The number of amides is 1. The summed E-state index contributed by atoms with van der Waals surface area (Å²) in [5, 5.41) is 3.71. The quantitative estimate of drug-likeness (QED) is 0.841. The lowest BCUT2D eigenvalue weighted by molar-refractivity contribution is -0.195.